The molecule has 9 heteroatoms. The molecule has 6 nitrogen and oxygen atoms in total. The summed E-state index contributed by atoms with van der Waals surface area (Å²) in [7, 11) is 0. The van der Waals surface area contributed by atoms with Crippen molar-refractivity contribution in [3.05, 3.63) is 53.9 Å². The van der Waals surface area contributed by atoms with Crippen LogP contribution < -0.4 is 15.5 Å². The van der Waals surface area contributed by atoms with E-state index in [1.54, 1.807) is 10.7 Å². The number of hydrogen-bond acceptors (Lipinski definition) is 4. The number of fused-ring (bicyclic) bond motifs is 1. The van der Waals surface area contributed by atoms with Crippen LogP contribution in [-0.2, 0) is 0 Å². The van der Waals surface area contributed by atoms with Crippen LogP contribution >= 0.6 is 12.2 Å². The molecular formula is C20H20F2N6S. The van der Waals surface area contributed by atoms with Crippen LogP contribution in [0.15, 0.2) is 36.7 Å². The van der Waals surface area contributed by atoms with E-state index in [0.717, 1.165) is 38.3 Å². The molecule has 1 aliphatic carbocycles. The second-order valence-corrected chi connectivity index (χ2v) is 7.91. The van der Waals surface area contributed by atoms with E-state index < -0.39 is 11.6 Å². The Hall–Kier alpha value is -2.81. The maximum absolute atomic E-state index is 14.4. The van der Waals surface area contributed by atoms with Crippen LogP contribution in [-0.4, -0.2) is 32.3 Å². The molecule has 0 bridgehead atoms. The SMILES string of the molecule is Fc1ccc(F)c([C@H]2CCCN2c2ccn3ncc(NC(=S)NC4CC4)c3n2)c1. The summed E-state index contributed by atoms with van der Waals surface area (Å²) in [4.78, 5) is 6.78. The Kier molecular flexibility index (Phi) is 4.54. The molecule has 3 heterocycles. The maximum atomic E-state index is 14.4. The number of hydrogen-bond donors (Lipinski definition) is 2. The highest BCUT2D eigenvalue weighted by Crippen LogP contribution is 2.37. The van der Waals surface area contributed by atoms with Gasteiger partial charge in [0, 0.05) is 24.3 Å². The summed E-state index contributed by atoms with van der Waals surface area (Å²) >= 11 is 5.36. The van der Waals surface area contributed by atoms with Gasteiger partial charge in [0.25, 0.3) is 0 Å². The van der Waals surface area contributed by atoms with E-state index >= 15 is 0 Å². The lowest BCUT2D eigenvalue weighted by atomic mass is 10.0. The van der Waals surface area contributed by atoms with E-state index in [1.807, 2.05) is 17.2 Å². The molecule has 1 aliphatic heterocycles. The fourth-order valence-corrected chi connectivity index (χ4v) is 4.09. The summed E-state index contributed by atoms with van der Waals surface area (Å²) in [6.07, 6.45) is 7.39. The average Bonchev–Trinajstić information content (AvgIpc) is 3.24. The molecule has 1 atom stereocenters. The molecule has 1 saturated carbocycles. The number of aromatic nitrogens is 3. The quantitative estimate of drug-likeness (QED) is 0.634. The Bertz CT molecular complexity index is 1080. The van der Waals surface area contributed by atoms with Gasteiger partial charge in [-0.2, -0.15) is 5.10 Å². The molecule has 0 spiro atoms. The fourth-order valence-electron chi connectivity index (χ4n) is 3.81. The Morgan fingerprint density at radius 3 is 2.86 bits per heavy atom. The van der Waals surface area contributed by atoms with Crippen molar-refractivity contribution in [2.75, 3.05) is 16.8 Å². The molecule has 2 aliphatic rings. The number of benzene rings is 1. The molecule has 29 heavy (non-hydrogen) atoms. The highest BCUT2D eigenvalue weighted by atomic mass is 32.1. The number of thiocarbonyl (C=S) groups is 1. The van der Waals surface area contributed by atoms with Crippen LogP contribution in [0, 0.1) is 11.6 Å². The number of nitrogens with zero attached hydrogens (tertiary/aromatic N) is 4. The minimum atomic E-state index is -0.435. The summed E-state index contributed by atoms with van der Waals surface area (Å²) in [6.45, 7) is 0.725. The molecule has 150 valence electrons. The normalized spacial score (nSPS) is 19.0. The molecule has 5 rings (SSSR count). The second kappa shape index (κ2) is 7.22. The zero-order chi connectivity index (χ0) is 20.0. The molecule has 3 aromatic rings. The summed E-state index contributed by atoms with van der Waals surface area (Å²) < 4.78 is 29.8. The van der Waals surface area contributed by atoms with Crippen LogP contribution in [0.3, 0.4) is 0 Å². The molecule has 2 aromatic heterocycles. The van der Waals surface area contributed by atoms with Gasteiger partial charge in [-0.15, -0.1) is 0 Å². The minimum Gasteiger partial charge on any atom is -0.360 e. The molecule has 2 fully saturated rings. The van der Waals surface area contributed by atoms with Crippen molar-refractivity contribution in [3.63, 3.8) is 0 Å². The summed E-state index contributed by atoms with van der Waals surface area (Å²) in [5.74, 6) is -0.128. The molecule has 0 unspecified atom stereocenters. The van der Waals surface area contributed by atoms with Gasteiger partial charge < -0.3 is 15.5 Å². The molecule has 0 radical (unpaired) electrons. The van der Waals surface area contributed by atoms with Crippen molar-refractivity contribution < 1.29 is 8.78 Å². The predicted octanol–water partition coefficient (Wildman–Crippen LogP) is 3.80. The van der Waals surface area contributed by atoms with Gasteiger partial charge >= 0.3 is 0 Å². The average molecular weight is 414 g/mol. The maximum Gasteiger partial charge on any atom is 0.180 e. The smallest absolute Gasteiger partial charge is 0.180 e. The minimum absolute atomic E-state index is 0.252. The lowest BCUT2D eigenvalue weighted by Crippen LogP contribution is -2.30. The van der Waals surface area contributed by atoms with Gasteiger partial charge in [-0.3, -0.25) is 0 Å². The zero-order valence-electron chi connectivity index (χ0n) is 15.6. The van der Waals surface area contributed by atoms with E-state index in [2.05, 4.69) is 15.7 Å². The third-order valence-corrected chi connectivity index (χ3v) is 5.60. The highest BCUT2D eigenvalue weighted by Gasteiger charge is 2.30. The second-order valence-electron chi connectivity index (χ2n) is 7.50. The molecule has 2 N–H and O–H groups in total. The Morgan fingerprint density at radius 2 is 2.03 bits per heavy atom. The first-order chi connectivity index (χ1) is 14.1. The van der Waals surface area contributed by atoms with Gasteiger partial charge in [0.1, 0.15) is 23.1 Å². The van der Waals surface area contributed by atoms with E-state index in [4.69, 9.17) is 17.2 Å². The number of anilines is 2. The topological polar surface area (TPSA) is 57.5 Å². The first-order valence-electron chi connectivity index (χ1n) is 9.72. The van der Waals surface area contributed by atoms with Crippen LogP contribution in [0.1, 0.15) is 37.3 Å². The zero-order valence-corrected chi connectivity index (χ0v) is 16.4. The van der Waals surface area contributed by atoms with Crippen molar-refractivity contribution in [1.82, 2.24) is 19.9 Å². The monoisotopic (exact) mass is 414 g/mol. The largest absolute Gasteiger partial charge is 0.360 e. The van der Waals surface area contributed by atoms with Crippen LogP contribution in [0.5, 0.6) is 0 Å². The lowest BCUT2D eigenvalue weighted by molar-refractivity contribution is 0.560. The van der Waals surface area contributed by atoms with Crippen molar-refractivity contribution in [1.29, 1.82) is 0 Å². The molecular weight excluding hydrogens is 394 g/mol. The van der Waals surface area contributed by atoms with Crippen LogP contribution in [0.4, 0.5) is 20.3 Å². The summed E-state index contributed by atoms with van der Waals surface area (Å²) in [5, 5.41) is 11.3. The van der Waals surface area contributed by atoms with E-state index in [1.165, 1.54) is 12.1 Å². The van der Waals surface area contributed by atoms with E-state index in [0.29, 0.717) is 33.9 Å². The Morgan fingerprint density at radius 1 is 1.17 bits per heavy atom. The first kappa shape index (κ1) is 18.2. The number of rotatable bonds is 4. The molecule has 1 saturated heterocycles. The predicted molar refractivity (Wildman–Crippen MR) is 111 cm³/mol. The first-order valence-corrected chi connectivity index (χ1v) is 10.1. The highest BCUT2D eigenvalue weighted by molar-refractivity contribution is 7.80. The van der Waals surface area contributed by atoms with Crippen molar-refractivity contribution in [2.24, 2.45) is 0 Å². The number of nitrogens with one attached hydrogen (secondary N) is 2. The van der Waals surface area contributed by atoms with Crippen molar-refractivity contribution in [2.45, 2.75) is 37.8 Å². The number of halogens is 2. The van der Waals surface area contributed by atoms with Gasteiger partial charge in [0.2, 0.25) is 0 Å². The van der Waals surface area contributed by atoms with E-state index in [9.17, 15) is 8.78 Å². The summed E-state index contributed by atoms with van der Waals surface area (Å²) in [5.41, 5.74) is 1.70. The Balaban J connectivity index is 1.45. The van der Waals surface area contributed by atoms with Crippen LogP contribution in [0.25, 0.3) is 5.65 Å². The molecule has 1 aromatic carbocycles. The lowest BCUT2D eigenvalue weighted by Gasteiger charge is -2.26. The van der Waals surface area contributed by atoms with Gasteiger partial charge in [-0.25, -0.2) is 18.3 Å². The fraction of sp³-hybridized carbons (Fsp3) is 0.350. The van der Waals surface area contributed by atoms with Crippen LogP contribution in [0.2, 0.25) is 0 Å². The Labute approximate surface area is 171 Å². The van der Waals surface area contributed by atoms with Gasteiger partial charge in [-0.05, 0) is 62.2 Å². The van der Waals surface area contributed by atoms with Crippen molar-refractivity contribution >= 4 is 34.5 Å². The molecule has 0 amide bonds. The summed E-state index contributed by atoms with van der Waals surface area (Å²) in [6, 6.07) is 5.66. The standard InChI is InChI=1S/C20H20F2N6S/c21-12-3-6-15(22)14(10-12)17-2-1-8-27(17)18-7-9-28-19(26-18)16(11-23-28)25-20(29)24-13-4-5-13/h3,6-7,9-11,13,17H,1-2,4-5,8H2,(H2,24,25,29)/t17-/m1/s1. The van der Waals surface area contributed by atoms with Gasteiger partial charge in [0.15, 0.2) is 10.8 Å². The third kappa shape index (κ3) is 3.62. The van der Waals surface area contributed by atoms with Gasteiger partial charge in [0.05, 0.1) is 12.2 Å². The van der Waals surface area contributed by atoms with E-state index in [-0.39, 0.29) is 6.04 Å². The van der Waals surface area contributed by atoms with Crippen molar-refractivity contribution in [3.8, 4) is 0 Å². The van der Waals surface area contributed by atoms with Gasteiger partial charge in [-0.1, -0.05) is 0 Å². The third-order valence-electron chi connectivity index (χ3n) is 5.38.